The molecule has 6 nitrogen and oxygen atoms in total. The Morgan fingerprint density at radius 3 is 2.68 bits per heavy atom. The van der Waals surface area contributed by atoms with Gasteiger partial charge in [-0.05, 0) is 0 Å². The van der Waals surface area contributed by atoms with E-state index in [-0.39, 0.29) is 32.3 Å². The maximum atomic E-state index is 12.5. The summed E-state index contributed by atoms with van der Waals surface area (Å²) in [6.45, 7) is 1.68. The van der Waals surface area contributed by atoms with Crippen molar-refractivity contribution < 1.29 is 13.2 Å². The van der Waals surface area contributed by atoms with Crippen LogP contribution in [0.15, 0.2) is 23.1 Å². The number of benzene rings is 1. The van der Waals surface area contributed by atoms with E-state index < -0.39 is 10.0 Å². The van der Waals surface area contributed by atoms with E-state index in [1.54, 1.807) is 18.2 Å². The van der Waals surface area contributed by atoms with Gasteiger partial charge in [-0.15, -0.1) is 12.4 Å². The molecule has 9 heteroatoms. The summed E-state index contributed by atoms with van der Waals surface area (Å²) < 4.78 is 40.1. The molecule has 1 aromatic carbocycles. The van der Waals surface area contributed by atoms with E-state index in [1.807, 2.05) is 0 Å². The minimum absolute atomic E-state index is 0. The first kappa shape index (κ1) is 14.9. The molecule has 19 heavy (non-hydrogen) atoms. The number of rotatable bonds is 2. The summed E-state index contributed by atoms with van der Waals surface area (Å²) in [4.78, 5) is 0.269. The predicted octanol–water partition coefficient (Wildman–Crippen LogP) is 0.129. The van der Waals surface area contributed by atoms with E-state index in [9.17, 15) is 8.42 Å². The Hall–Kier alpha value is -0.501. The Bertz CT molecular complexity index is 669. The molecule has 0 amide bonds. The number of fused-ring (bicyclic) bond motifs is 1. The normalized spacial score (nSPS) is 17.3. The first-order valence-electron chi connectivity index (χ1n) is 5.49. The zero-order valence-electron chi connectivity index (χ0n) is 9.85. The van der Waals surface area contributed by atoms with Crippen LogP contribution in [0.3, 0.4) is 0 Å². The number of aromatic nitrogens is 2. The van der Waals surface area contributed by atoms with E-state index in [2.05, 4.69) is 7.96 Å². The van der Waals surface area contributed by atoms with E-state index in [4.69, 9.17) is 4.74 Å². The van der Waals surface area contributed by atoms with Gasteiger partial charge in [-0.25, -0.2) is 0 Å². The molecule has 2 aromatic rings. The van der Waals surface area contributed by atoms with E-state index in [0.717, 1.165) is 0 Å². The van der Waals surface area contributed by atoms with Crippen LogP contribution in [0.2, 0.25) is 0 Å². The molecule has 0 aliphatic carbocycles. The number of hydrogen-bond donors (Lipinski definition) is 0. The molecule has 0 spiro atoms. The third-order valence-electron chi connectivity index (χ3n) is 2.84. The van der Waals surface area contributed by atoms with Crippen LogP contribution in [0.1, 0.15) is 0 Å². The second-order valence-corrected chi connectivity index (χ2v) is 6.92. The zero-order chi connectivity index (χ0) is 12.6. The molecule has 1 aliphatic heterocycles. The molecule has 1 fully saturated rings. The average molecular weight is 369 g/mol. The summed E-state index contributed by atoms with van der Waals surface area (Å²) in [6, 6.07) is 5.11. The molecule has 3 rings (SSSR count). The van der Waals surface area contributed by atoms with Gasteiger partial charge in [-0.2, -0.15) is 0 Å². The first-order valence-corrected chi connectivity index (χ1v) is 8.46. The quantitative estimate of drug-likeness (QED) is 0.705. The fraction of sp³-hybridized carbons (Fsp3) is 0.400. The molecule has 0 saturated carbocycles. The second-order valence-electron chi connectivity index (χ2n) is 3.90. The van der Waals surface area contributed by atoms with E-state index in [1.165, 1.54) is 4.31 Å². The standard InChI is InChI=1S/C10H11N3O3SSe.ClH/c14-17(15,13-4-6-16-7-5-13)9-3-1-2-8-10(9)12-18-11-8;/h1-3H,4-7H2;1H. The number of hydrogen-bond acceptors (Lipinski definition) is 5. The molecule has 0 unspecified atom stereocenters. The Morgan fingerprint density at radius 1 is 1.21 bits per heavy atom. The average Bonchev–Trinajstić information content (AvgIpc) is 2.87. The summed E-state index contributed by atoms with van der Waals surface area (Å²) in [7, 11) is -3.48. The van der Waals surface area contributed by atoms with Gasteiger partial charge >= 0.3 is 111 Å². The van der Waals surface area contributed by atoms with Crippen LogP contribution in [0.4, 0.5) is 0 Å². The third-order valence-corrected chi connectivity index (χ3v) is 5.91. The molecule has 104 valence electrons. The monoisotopic (exact) mass is 369 g/mol. The number of sulfonamides is 1. The van der Waals surface area contributed by atoms with Crippen LogP contribution in [0.5, 0.6) is 0 Å². The van der Waals surface area contributed by atoms with Crippen molar-refractivity contribution in [3.63, 3.8) is 0 Å². The van der Waals surface area contributed by atoms with Crippen molar-refractivity contribution >= 4 is 48.4 Å². The molecule has 0 radical (unpaired) electrons. The van der Waals surface area contributed by atoms with Crippen molar-refractivity contribution in [3.8, 4) is 0 Å². The number of morpholine rings is 1. The summed E-state index contributed by atoms with van der Waals surface area (Å²) in [5.74, 6) is 0. The minimum atomic E-state index is -3.48. The van der Waals surface area contributed by atoms with Crippen molar-refractivity contribution in [2.24, 2.45) is 0 Å². The number of nitrogens with zero attached hydrogens (tertiary/aromatic N) is 3. The van der Waals surface area contributed by atoms with Gasteiger partial charge < -0.3 is 0 Å². The summed E-state index contributed by atoms with van der Waals surface area (Å²) in [5, 5.41) is 0. The SMILES string of the molecule is Cl.O=S(=O)(c1cccc2n[se]nc12)N1CCOCC1. The van der Waals surface area contributed by atoms with Crippen molar-refractivity contribution in [1.82, 2.24) is 12.3 Å². The molecule has 0 N–H and O–H groups in total. The fourth-order valence-electron chi connectivity index (χ4n) is 1.92. The van der Waals surface area contributed by atoms with Crippen molar-refractivity contribution in [2.75, 3.05) is 26.3 Å². The van der Waals surface area contributed by atoms with Crippen molar-refractivity contribution in [2.45, 2.75) is 4.90 Å². The Morgan fingerprint density at radius 2 is 1.95 bits per heavy atom. The molecule has 2 heterocycles. The molecule has 1 saturated heterocycles. The van der Waals surface area contributed by atoms with Gasteiger partial charge in [0.2, 0.25) is 0 Å². The van der Waals surface area contributed by atoms with Crippen LogP contribution in [-0.4, -0.2) is 61.9 Å². The van der Waals surface area contributed by atoms with Crippen LogP contribution in [0.25, 0.3) is 11.0 Å². The van der Waals surface area contributed by atoms with Crippen LogP contribution < -0.4 is 0 Å². The van der Waals surface area contributed by atoms with Gasteiger partial charge in [0.15, 0.2) is 0 Å². The molecule has 1 aliphatic rings. The first-order chi connectivity index (χ1) is 8.69. The molecular formula is C10H12ClN3O3SSe. The van der Waals surface area contributed by atoms with Crippen molar-refractivity contribution in [1.29, 1.82) is 0 Å². The van der Waals surface area contributed by atoms with Gasteiger partial charge in [-0.1, -0.05) is 0 Å². The molecular weight excluding hydrogens is 357 g/mol. The van der Waals surface area contributed by atoms with E-state index in [0.29, 0.717) is 37.3 Å². The van der Waals surface area contributed by atoms with Crippen LogP contribution in [0, 0.1) is 0 Å². The van der Waals surface area contributed by atoms with Crippen molar-refractivity contribution in [3.05, 3.63) is 18.2 Å². The topological polar surface area (TPSA) is 72.4 Å². The molecule has 0 bridgehead atoms. The van der Waals surface area contributed by atoms with Crippen LogP contribution in [-0.2, 0) is 14.8 Å². The summed E-state index contributed by atoms with van der Waals surface area (Å²) in [5.41, 5.74) is 1.20. The van der Waals surface area contributed by atoms with E-state index >= 15 is 0 Å². The van der Waals surface area contributed by atoms with Gasteiger partial charge in [0.25, 0.3) is 0 Å². The molecule has 1 aromatic heterocycles. The summed E-state index contributed by atoms with van der Waals surface area (Å²) >= 11 is -0.223. The van der Waals surface area contributed by atoms with Gasteiger partial charge in [-0.3, -0.25) is 0 Å². The number of ether oxygens (including phenoxy) is 1. The Labute approximate surface area is 123 Å². The van der Waals surface area contributed by atoms with Gasteiger partial charge in [0, 0.05) is 0 Å². The third kappa shape index (κ3) is 2.69. The second kappa shape index (κ2) is 5.87. The zero-order valence-corrected chi connectivity index (χ0v) is 13.2. The Balaban J connectivity index is 0.00000133. The van der Waals surface area contributed by atoms with Gasteiger partial charge in [0.1, 0.15) is 0 Å². The predicted molar refractivity (Wildman–Crippen MR) is 73.3 cm³/mol. The van der Waals surface area contributed by atoms with Gasteiger partial charge in [0.05, 0.1) is 0 Å². The Kier molecular flexibility index (Phi) is 4.60. The molecule has 0 atom stereocenters. The fourth-order valence-corrected chi connectivity index (χ4v) is 4.75. The number of halogens is 1. The summed E-state index contributed by atoms with van der Waals surface area (Å²) in [6.07, 6.45) is 0. The van der Waals surface area contributed by atoms with Crippen LogP contribution >= 0.6 is 12.4 Å². The maximum absolute atomic E-state index is 12.5.